The molecule has 0 saturated carbocycles. The molecule has 0 radical (unpaired) electrons. The van der Waals surface area contributed by atoms with E-state index in [0.717, 1.165) is 6.20 Å². The Morgan fingerprint density at radius 3 is 2.45 bits per heavy atom. The number of nitrogens with zero attached hydrogens (tertiary/aromatic N) is 2. The minimum absolute atomic E-state index is 0.0137. The molecule has 2 aromatic carbocycles. The molecule has 0 aliphatic carbocycles. The van der Waals surface area contributed by atoms with Crippen molar-refractivity contribution in [3.63, 3.8) is 0 Å². The normalized spacial score (nSPS) is 18.1. The first kappa shape index (κ1) is 20.6. The van der Waals surface area contributed by atoms with Gasteiger partial charge in [-0.25, -0.2) is 13.8 Å². The van der Waals surface area contributed by atoms with Gasteiger partial charge in [0.05, 0.1) is 6.20 Å². The van der Waals surface area contributed by atoms with E-state index in [1.54, 1.807) is 19.1 Å². The molecule has 0 unspecified atom stereocenters. The summed E-state index contributed by atoms with van der Waals surface area (Å²) in [7, 11) is 0. The van der Waals surface area contributed by atoms with Crippen molar-refractivity contribution in [2.75, 3.05) is 6.61 Å². The van der Waals surface area contributed by atoms with Gasteiger partial charge in [0.15, 0.2) is 5.54 Å². The molecular formula is C22H17F4N3O2. The van der Waals surface area contributed by atoms with Crippen LogP contribution in [-0.4, -0.2) is 24.2 Å². The number of alkyl halides is 2. The van der Waals surface area contributed by atoms with Crippen LogP contribution >= 0.6 is 0 Å². The van der Waals surface area contributed by atoms with Gasteiger partial charge in [-0.2, -0.15) is 8.78 Å². The van der Waals surface area contributed by atoms with E-state index in [9.17, 15) is 17.6 Å². The largest absolute Gasteiger partial charge is 0.462 e. The lowest BCUT2D eigenvalue weighted by Gasteiger charge is -2.27. The smallest absolute Gasteiger partial charge is 0.387 e. The number of ether oxygens (including phenoxy) is 2. The highest BCUT2D eigenvalue weighted by Gasteiger charge is 2.40. The predicted octanol–water partition coefficient (Wildman–Crippen LogP) is 4.53. The zero-order valence-corrected chi connectivity index (χ0v) is 16.3. The van der Waals surface area contributed by atoms with Crippen LogP contribution in [0.1, 0.15) is 16.7 Å². The van der Waals surface area contributed by atoms with Gasteiger partial charge in [0.2, 0.25) is 0 Å². The molecule has 9 heteroatoms. The molecule has 1 aromatic heterocycles. The van der Waals surface area contributed by atoms with Crippen molar-refractivity contribution in [3.05, 3.63) is 83.2 Å². The van der Waals surface area contributed by atoms with Crippen LogP contribution in [0.5, 0.6) is 5.75 Å². The number of aryl methyl sites for hydroxylation is 1. The highest BCUT2D eigenvalue weighted by Crippen LogP contribution is 2.41. The summed E-state index contributed by atoms with van der Waals surface area (Å²) in [6.45, 7) is -1.33. The number of hydrogen-bond acceptors (Lipinski definition) is 5. The zero-order chi connectivity index (χ0) is 22.2. The number of rotatable bonds is 5. The van der Waals surface area contributed by atoms with Gasteiger partial charge in [0.1, 0.15) is 24.0 Å². The third-order valence-electron chi connectivity index (χ3n) is 5.06. The van der Waals surface area contributed by atoms with E-state index in [1.165, 1.54) is 36.5 Å². The SMILES string of the molecule is Cc1cc([C@]2(c3ccc(F)c(-c4cncc(F)c4)c3)COC(N)=N2)ccc1OC(F)F. The molecule has 1 aliphatic rings. The number of halogens is 4. The predicted molar refractivity (Wildman–Crippen MR) is 106 cm³/mol. The van der Waals surface area contributed by atoms with Crippen LogP contribution in [0, 0.1) is 18.6 Å². The Morgan fingerprint density at radius 1 is 1.06 bits per heavy atom. The fraction of sp³-hybridized carbons (Fsp3) is 0.182. The molecule has 4 rings (SSSR count). The molecule has 31 heavy (non-hydrogen) atoms. The van der Waals surface area contributed by atoms with Crippen LogP contribution in [0.4, 0.5) is 17.6 Å². The summed E-state index contributed by atoms with van der Waals surface area (Å²) in [5, 5.41) is 0. The molecule has 1 atom stereocenters. The third kappa shape index (κ3) is 3.90. The van der Waals surface area contributed by atoms with Crippen molar-refractivity contribution >= 4 is 6.02 Å². The second-order valence-corrected chi connectivity index (χ2v) is 7.04. The number of aromatic nitrogens is 1. The highest BCUT2D eigenvalue weighted by molar-refractivity contribution is 5.76. The van der Waals surface area contributed by atoms with E-state index in [-0.39, 0.29) is 29.5 Å². The van der Waals surface area contributed by atoms with Gasteiger partial charge in [-0.3, -0.25) is 4.98 Å². The van der Waals surface area contributed by atoms with E-state index < -0.39 is 23.8 Å². The Bertz CT molecular complexity index is 1170. The third-order valence-corrected chi connectivity index (χ3v) is 5.06. The summed E-state index contributed by atoms with van der Waals surface area (Å²) in [6, 6.07) is 10.0. The molecular weight excluding hydrogens is 414 g/mol. The summed E-state index contributed by atoms with van der Waals surface area (Å²) in [4.78, 5) is 8.22. The van der Waals surface area contributed by atoms with Gasteiger partial charge in [0, 0.05) is 17.3 Å². The maximum atomic E-state index is 14.6. The van der Waals surface area contributed by atoms with Crippen LogP contribution in [0.2, 0.25) is 0 Å². The average molecular weight is 431 g/mol. The van der Waals surface area contributed by atoms with Gasteiger partial charge >= 0.3 is 6.61 Å². The number of benzene rings is 2. The number of aliphatic imine (C=N–C) groups is 1. The summed E-state index contributed by atoms with van der Waals surface area (Å²) >= 11 is 0. The Balaban J connectivity index is 1.85. The van der Waals surface area contributed by atoms with E-state index in [1.807, 2.05) is 0 Å². The second-order valence-electron chi connectivity index (χ2n) is 7.04. The Morgan fingerprint density at radius 2 is 1.81 bits per heavy atom. The van der Waals surface area contributed by atoms with E-state index in [4.69, 9.17) is 10.5 Å². The van der Waals surface area contributed by atoms with Crippen molar-refractivity contribution in [1.29, 1.82) is 0 Å². The molecule has 0 fully saturated rings. The van der Waals surface area contributed by atoms with Crippen LogP contribution in [-0.2, 0) is 10.3 Å². The Hall–Kier alpha value is -3.62. The molecule has 2 heterocycles. The molecule has 3 aromatic rings. The summed E-state index contributed by atoms with van der Waals surface area (Å²) in [5.41, 5.74) is 6.57. The maximum Gasteiger partial charge on any atom is 0.387 e. The van der Waals surface area contributed by atoms with Crippen LogP contribution < -0.4 is 10.5 Å². The Labute approximate surface area is 175 Å². The van der Waals surface area contributed by atoms with Crippen molar-refractivity contribution in [2.45, 2.75) is 19.1 Å². The first-order chi connectivity index (χ1) is 14.8. The molecule has 160 valence electrons. The van der Waals surface area contributed by atoms with Gasteiger partial charge in [0.25, 0.3) is 6.02 Å². The fourth-order valence-electron chi connectivity index (χ4n) is 3.59. The molecule has 0 spiro atoms. The first-order valence-corrected chi connectivity index (χ1v) is 9.23. The van der Waals surface area contributed by atoms with Crippen LogP contribution in [0.25, 0.3) is 11.1 Å². The lowest BCUT2D eigenvalue weighted by Crippen LogP contribution is -2.27. The van der Waals surface area contributed by atoms with Gasteiger partial charge in [-0.05, 0) is 53.9 Å². The molecule has 0 amide bonds. The summed E-state index contributed by atoms with van der Waals surface area (Å²) in [5.74, 6) is -1.15. The van der Waals surface area contributed by atoms with Gasteiger partial charge < -0.3 is 15.2 Å². The van der Waals surface area contributed by atoms with E-state index in [2.05, 4.69) is 14.7 Å². The molecule has 0 saturated heterocycles. The zero-order valence-electron chi connectivity index (χ0n) is 16.3. The van der Waals surface area contributed by atoms with Gasteiger partial charge in [-0.15, -0.1) is 0 Å². The number of nitrogens with two attached hydrogens (primary N) is 1. The topological polar surface area (TPSA) is 69.7 Å². The first-order valence-electron chi connectivity index (χ1n) is 9.23. The monoisotopic (exact) mass is 431 g/mol. The second kappa shape index (κ2) is 7.90. The molecule has 0 bridgehead atoms. The number of hydrogen-bond donors (Lipinski definition) is 1. The lowest BCUT2D eigenvalue weighted by atomic mass is 9.82. The Kier molecular flexibility index (Phi) is 5.26. The van der Waals surface area contributed by atoms with Crippen molar-refractivity contribution in [1.82, 2.24) is 4.98 Å². The fourth-order valence-corrected chi connectivity index (χ4v) is 3.59. The van der Waals surface area contributed by atoms with Crippen molar-refractivity contribution < 1.29 is 27.0 Å². The minimum Gasteiger partial charge on any atom is -0.462 e. The van der Waals surface area contributed by atoms with E-state index >= 15 is 0 Å². The number of pyridine rings is 1. The lowest BCUT2D eigenvalue weighted by molar-refractivity contribution is -0.0503. The van der Waals surface area contributed by atoms with Crippen molar-refractivity contribution in [3.8, 4) is 16.9 Å². The van der Waals surface area contributed by atoms with E-state index in [0.29, 0.717) is 16.7 Å². The quantitative estimate of drug-likeness (QED) is 0.603. The molecule has 1 aliphatic heterocycles. The van der Waals surface area contributed by atoms with Gasteiger partial charge in [-0.1, -0.05) is 12.1 Å². The standard InChI is InChI=1S/C22H17F4N3O2/c1-12-6-14(3-5-19(12)31-20(25)26)22(11-30-21(27)29-22)15-2-4-18(24)17(8-15)13-7-16(23)10-28-9-13/h2-10,20H,11H2,1H3,(H2,27,29)/t22-/m0/s1. The van der Waals surface area contributed by atoms with Crippen LogP contribution in [0.15, 0.2) is 59.9 Å². The minimum atomic E-state index is -2.96. The average Bonchev–Trinajstić information content (AvgIpc) is 3.12. The molecule has 2 N–H and O–H groups in total. The maximum absolute atomic E-state index is 14.6. The van der Waals surface area contributed by atoms with Crippen molar-refractivity contribution in [2.24, 2.45) is 10.7 Å². The summed E-state index contributed by atoms with van der Waals surface area (Å²) in [6.07, 6.45) is 2.37. The summed E-state index contributed by atoms with van der Waals surface area (Å²) < 4.78 is 63.4. The number of amidine groups is 1. The molecule has 5 nitrogen and oxygen atoms in total. The van der Waals surface area contributed by atoms with Crippen LogP contribution in [0.3, 0.4) is 0 Å². The highest BCUT2D eigenvalue weighted by atomic mass is 19.3.